The van der Waals surface area contributed by atoms with Crippen LogP contribution in [0.15, 0.2) is 30.3 Å². The first kappa shape index (κ1) is 20.4. The number of piperidine rings is 1. The minimum Gasteiger partial charge on any atom is -0.356 e. The van der Waals surface area contributed by atoms with Crippen LogP contribution in [0.4, 0.5) is 22.1 Å². The molecule has 1 aromatic heterocycles. The summed E-state index contributed by atoms with van der Waals surface area (Å²) in [6.45, 7) is 9.14. The molecule has 0 aliphatic carbocycles. The normalized spacial score (nSPS) is 17.2. The molecule has 0 saturated carbocycles. The van der Waals surface area contributed by atoms with Gasteiger partial charge in [-0.1, -0.05) is 19.1 Å². The second-order valence-corrected chi connectivity index (χ2v) is 8.14. The molecule has 0 spiro atoms. The van der Waals surface area contributed by atoms with Crippen LogP contribution in [-0.2, 0) is 6.42 Å². The van der Waals surface area contributed by atoms with Gasteiger partial charge < -0.3 is 20.0 Å². The van der Waals surface area contributed by atoms with Crippen LogP contribution in [0, 0.1) is 6.92 Å². The lowest BCUT2D eigenvalue weighted by Gasteiger charge is -2.36. The van der Waals surface area contributed by atoms with Gasteiger partial charge in [-0.3, -0.25) is 0 Å². The van der Waals surface area contributed by atoms with Gasteiger partial charge in [0.1, 0.15) is 17.5 Å². The van der Waals surface area contributed by atoms with Crippen LogP contribution >= 0.6 is 0 Å². The van der Waals surface area contributed by atoms with Crippen LogP contribution < -0.4 is 15.1 Å². The summed E-state index contributed by atoms with van der Waals surface area (Å²) in [5.74, 6) is 2.82. The summed E-state index contributed by atoms with van der Waals surface area (Å²) in [6, 6.07) is 10.1. The van der Waals surface area contributed by atoms with Crippen LogP contribution in [0.25, 0.3) is 0 Å². The van der Waals surface area contributed by atoms with Gasteiger partial charge in [-0.05, 0) is 50.3 Å². The molecule has 2 aliphatic heterocycles. The molecule has 4 rings (SSSR count). The van der Waals surface area contributed by atoms with Gasteiger partial charge in [-0.2, -0.15) is 0 Å². The second kappa shape index (κ2) is 9.32. The lowest BCUT2D eigenvalue weighted by Crippen LogP contribution is -2.50. The largest absolute Gasteiger partial charge is 0.356 e. The van der Waals surface area contributed by atoms with Crippen molar-refractivity contribution < 1.29 is 4.79 Å². The summed E-state index contributed by atoms with van der Waals surface area (Å²) < 4.78 is 0. The van der Waals surface area contributed by atoms with E-state index in [0.717, 1.165) is 55.7 Å². The monoisotopic (exact) mass is 408 g/mol. The maximum atomic E-state index is 12.7. The van der Waals surface area contributed by atoms with Crippen molar-refractivity contribution in [2.24, 2.45) is 0 Å². The molecule has 2 aromatic rings. The number of piperazine rings is 1. The average molecular weight is 409 g/mol. The summed E-state index contributed by atoms with van der Waals surface area (Å²) in [6.07, 6.45) is 4.72. The Balaban J connectivity index is 1.37. The zero-order valence-corrected chi connectivity index (χ0v) is 18.1. The molecule has 7 heteroatoms. The fourth-order valence-corrected chi connectivity index (χ4v) is 4.19. The molecular formula is C23H32N6O. The van der Waals surface area contributed by atoms with Gasteiger partial charge in [0.2, 0.25) is 0 Å². The van der Waals surface area contributed by atoms with Crippen LogP contribution in [0.2, 0.25) is 0 Å². The molecule has 0 bridgehead atoms. The highest BCUT2D eigenvalue weighted by molar-refractivity contribution is 5.89. The number of urea groups is 1. The van der Waals surface area contributed by atoms with Gasteiger partial charge in [0.05, 0.1) is 0 Å². The first-order chi connectivity index (χ1) is 14.6. The third-order valence-electron chi connectivity index (χ3n) is 5.97. The van der Waals surface area contributed by atoms with E-state index in [9.17, 15) is 4.79 Å². The number of hydrogen-bond donors (Lipinski definition) is 1. The zero-order valence-electron chi connectivity index (χ0n) is 18.1. The lowest BCUT2D eigenvalue weighted by molar-refractivity contribution is 0.208. The summed E-state index contributed by atoms with van der Waals surface area (Å²) in [5.41, 5.74) is 2.08. The van der Waals surface area contributed by atoms with Gasteiger partial charge in [0.15, 0.2) is 0 Å². The number of amides is 2. The number of nitrogens with one attached hydrogen (secondary N) is 1. The molecule has 2 saturated heterocycles. The summed E-state index contributed by atoms with van der Waals surface area (Å²) in [7, 11) is 0. The molecule has 0 unspecified atom stereocenters. The Labute approximate surface area is 179 Å². The summed E-state index contributed by atoms with van der Waals surface area (Å²) >= 11 is 0. The first-order valence-corrected chi connectivity index (χ1v) is 11.1. The maximum absolute atomic E-state index is 12.7. The second-order valence-electron chi connectivity index (χ2n) is 8.14. The van der Waals surface area contributed by atoms with Crippen molar-refractivity contribution in [1.29, 1.82) is 0 Å². The highest BCUT2D eigenvalue weighted by Gasteiger charge is 2.23. The predicted octanol–water partition coefficient (Wildman–Crippen LogP) is 3.69. The molecule has 30 heavy (non-hydrogen) atoms. The van der Waals surface area contributed by atoms with E-state index in [1.54, 1.807) is 0 Å². The number of carbonyl (C=O) groups is 1. The number of aryl methyl sites for hydroxylation is 2. The molecule has 0 radical (unpaired) electrons. The quantitative estimate of drug-likeness (QED) is 0.836. The van der Waals surface area contributed by atoms with E-state index in [0.29, 0.717) is 13.1 Å². The third-order valence-corrected chi connectivity index (χ3v) is 5.97. The van der Waals surface area contributed by atoms with Gasteiger partial charge in [-0.25, -0.2) is 14.8 Å². The molecule has 0 atom stereocenters. The third kappa shape index (κ3) is 4.83. The molecule has 2 aliphatic rings. The number of nitrogens with zero attached hydrogens (tertiary/aromatic N) is 5. The Morgan fingerprint density at radius 3 is 2.27 bits per heavy atom. The highest BCUT2D eigenvalue weighted by Crippen LogP contribution is 2.23. The topological polar surface area (TPSA) is 64.6 Å². The Morgan fingerprint density at radius 2 is 1.60 bits per heavy atom. The number of benzene rings is 1. The number of rotatable bonds is 4. The molecule has 1 aromatic carbocycles. The minimum absolute atomic E-state index is 0.0317. The van der Waals surface area contributed by atoms with Crippen molar-refractivity contribution in [3.8, 4) is 0 Å². The Hall–Kier alpha value is -2.83. The van der Waals surface area contributed by atoms with E-state index in [2.05, 4.69) is 44.1 Å². The molecule has 3 heterocycles. The van der Waals surface area contributed by atoms with Crippen LogP contribution in [-0.4, -0.2) is 60.2 Å². The van der Waals surface area contributed by atoms with E-state index in [1.165, 1.54) is 24.8 Å². The van der Waals surface area contributed by atoms with Gasteiger partial charge >= 0.3 is 6.03 Å². The molecule has 1 N–H and O–H groups in total. The van der Waals surface area contributed by atoms with E-state index in [1.807, 2.05) is 30.0 Å². The van der Waals surface area contributed by atoms with Crippen molar-refractivity contribution in [1.82, 2.24) is 14.9 Å². The number of carbonyl (C=O) groups excluding carboxylic acids is 1. The van der Waals surface area contributed by atoms with Crippen molar-refractivity contribution in [3.05, 3.63) is 41.7 Å². The van der Waals surface area contributed by atoms with Crippen molar-refractivity contribution in [2.45, 2.75) is 39.5 Å². The van der Waals surface area contributed by atoms with E-state index >= 15 is 0 Å². The lowest BCUT2D eigenvalue weighted by atomic mass is 10.1. The van der Waals surface area contributed by atoms with Crippen LogP contribution in [0.5, 0.6) is 0 Å². The van der Waals surface area contributed by atoms with Gasteiger partial charge in [0, 0.05) is 51.0 Å². The zero-order chi connectivity index (χ0) is 20.9. The van der Waals surface area contributed by atoms with Crippen LogP contribution in [0.1, 0.15) is 37.6 Å². The average Bonchev–Trinajstić information content (AvgIpc) is 2.79. The number of aromatic nitrogens is 2. The van der Waals surface area contributed by atoms with Crippen molar-refractivity contribution in [2.75, 3.05) is 54.4 Å². The van der Waals surface area contributed by atoms with E-state index in [-0.39, 0.29) is 6.03 Å². The smallest absolute Gasteiger partial charge is 0.321 e. The maximum Gasteiger partial charge on any atom is 0.321 e. The van der Waals surface area contributed by atoms with Crippen molar-refractivity contribution >= 4 is 23.4 Å². The van der Waals surface area contributed by atoms with E-state index in [4.69, 9.17) is 0 Å². The Kier molecular flexibility index (Phi) is 6.35. The van der Waals surface area contributed by atoms with Crippen LogP contribution in [0.3, 0.4) is 0 Å². The van der Waals surface area contributed by atoms with E-state index < -0.39 is 0 Å². The predicted molar refractivity (Wildman–Crippen MR) is 121 cm³/mol. The highest BCUT2D eigenvalue weighted by atomic mass is 16.2. The molecule has 2 amide bonds. The Bertz CT molecular complexity index is 872. The summed E-state index contributed by atoms with van der Waals surface area (Å²) in [5, 5.41) is 3.04. The SMILES string of the molecule is CCc1cccc(NC(=O)N2CCN(c3cc(N4CCCCC4)nc(C)n3)CC2)c1. The molecule has 160 valence electrons. The van der Waals surface area contributed by atoms with Gasteiger partial charge in [0.25, 0.3) is 0 Å². The number of hydrogen-bond acceptors (Lipinski definition) is 5. The molecule has 7 nitrogen and oxygen atoms in total. The first-order valence-electron chi connectivity index (χ1n) is 11.1. The minimum atomic E-state index is -0.0317. The fraction of sp³-hybridized carbons (Fsp3) is 0.522. The van der Waals surface area contributed by atoms with Gasteiger partial charge in [-0.15, -0.1) is 0 Å². The fourth-order valence-electron chi connectivity index (χ4n) is 4.19. The molecular weight excluding hydrogens is 376 g/mol. The number of anilines is 3. The summed E-state index contributed by atoms with van der Waals surface area (Å²) in [4.78, 5) is 28.6. The Morgan fingerprint density at radius 1 is 0.933 bits per heavy atom. The standard InChI is InChI=1S/C23H32N6O/c1-3-19-8-7-9-20(16-19)26-23(30)29-14-12-28(13-15-29)22-17-21(24-18(2)25-22)27-10-5-4-6-11-27/h7-9,16-17H,3-6,10-15H2,1-2H3,(H,26,30). The van der Waals surface area contributed by atoms with Crippen molar-refractivity contribution in [3.63, 3.8) is 0 Å². The molecule has 2 fully saturated rings.